The molecule has 0 aromatic heterocycles. The molecule has 206 valence electrons. The van der Waals surface area contributed by atoms with E-state index in [4.69, 9.17) is 13.9 Å². The molecular formula is C34H42O4Si. The first-order valence-corrected chi connectivity index (χ1v) is 15.9. The minimum Gasteiger partial charge on any atom is -0.458 e. The molecule has 39 heavy (non-hydrogen) atoms. The number of rotatable bonds is 9. The number of esters is 1. The fraction of sp³-hybridized carbons (Fsp3) is 0.382. The maximum Gasteiger partial charge on any atom is 0.309 e. The average molecular weight is 543 g/mol. The standard InChI is InChI=1S/C34H42O4Si/c1-26-21-22-31(38-33(35)23-32(26)36-25-28-15-9-6-10-16-28)27(2)24-37-39(34(3,4)5,29-17-11-7-12-18-29)30-19-13-8-14-20-30/h6-22,26-27,31-32H,23-25H2,1-5H3/t26-,27+,31-,32+/m0/s1. The van der Waals surface area contributed by atoms with E-state index in [1.54, 1.807) is 0 Å². The van der Waals surface area contributed by atoms with Crippen molar-refractivity contribution in [3.63, 3.8) is 0 Å². The maximum absolute atomic E-state index is 13.0. The zero-order valence-electron chi connectivity index (χ0n) is 23.9. The van der Waals surface area contributed by atoms with Gasteiger partial charge in [-0.2, -0.15) is 0 Å². The van der Waals surface area contributed by atoms with Gasteiger partial charge in [-0.3, -0.25) is 4.79 Å². The molecule has 3 aromatic rings. The molecule has 0 spiro atoms. The lowest BCUT2D eigenvalue weighted by atomic mass is 9.96. The SMILES string of the molecule is C[C@H](CO[Si](c1ccccc1)(c1ccccc1)C(C)(C)C)[C@@H]1C=C[C@H](C)[C@H](OCc2ccccc2)CC(=O)O1. The largest absolute Gasteiger partial charge is 0.458 e. The van der Waals surface area contributed by atoms with Gasteiger partial charge in [0.15, 0.2) is 0 Å². The van der Waals surface area contributed by atoms with Crippen molar-refractivity contribution >= 4 is 24.7 Å². The molecule has 4 nitrogen and oxygen atoms in total. The molecule has 1 heterocycles. The predicted molar refractivity (Wildman–Crippen MR) is 161 cm³/mol. The predicted octanol–water partition coefficient (Wildman–Crippen LogP) is 6.29. The summed E-state index contributed by atoms with van der Waals surface area (Å²) in [7, 11) is -2.67. The van der Waals surface area contributed by atoms with Crippen molar-refractivity contribution in [2.75, 3.05) is 6.61 Å². The van der Waals surface area contributed by atoms with Crippen molar-refractivity contribution in [3.05, 3.63) is 109 Å². The molecular weight excluding hydrogens is 500 g/mol. The van der Waals surface area contributed by atoms with Crippen LogP contribution in [0.2, 0.25) is 5.04 Å². The number of hydrogen-bond donors (Lipinski definition) is 0. The smallest absolute Gasteiger partial charge is 0.309 e. The van der Waals surface area contributed by atoms with Crippen molar-refractivity contribution in [1.29, 1.82) is 0 Å². The first kappa shape index (κ1) is 29.0. The van der Waals surface area contributed by atoms with Crippen LogP contribution in [-0.4, -0.2) is 33.1 Å². The molecule has 0 amide bonds. The summed E-state index contributed by atoms with van der Waals surface area (Å²) in [5.41, 5.74) is 1.09. The summed E-state index contributed by atoms with van der Waals surface area (Å²) in [5, 5.41) is 2.38. The van der Waals surface area contributed by atoms with Crippen molar-refractivity contribution in [3.8, 4) is 0 Å². The van der Waals surface area contributed by atoms with Crippen LogP contribution in [0, 0.1) is 11.8 Å². The summed E-state index contributed by atoms with van der Waals surface area (Å²) in [6.45, 7) is 12.0. The minimum atomic E-state index is -2.67. The summed E-state index contributed by atoms with van der Waals surface area (Å²) < 4.78 is 19.2. The van der Waals surface area contributed by atoms with Gasteiger partial charge in [-0.05, 0) is 27.1 Å². The molecule has 0 fully saturated rings. The Hall–Kier alpha value is -2.99. The maximum atomic E-state index is 13.0. The Morgan fingerprint density at radius 3 is 1.95 bits per heavy atom. The molecule has 0 saturated carbocycles. The number of carbonyl (C=O) groups excluding carboxylic acids is 1. The molecule has 0 saturated heterocycles. The second-order valence-electron chi connectivity index (χ2n) is 11.7. The Labute approximate surface area is 235 Å². The Balaban J connectivity index is 1.51. The monoisotopic (exact) mass is 542 g/mol. The number of ether oxygens (including phenoxy) is 2. The van der Waals surface area contributed by atoms with Crippen molar-refractivity contribution in [2.24, 2.45) is 11.8 Å². The van der Waals surface area contributed by atoms with E-state index in [0.29, 0.717) is 13.2 Å². The van der Waals surface area contributed by atoms with Gasteiger partial charge in [-0.1, -0.05) is 132 Å². The molecule has 0 bridgehead atoms. The van der Waals surface area contributed by atoms with E-state index in [0.717, 1.165) is 5.56 Å². The molecule has 0 radical (unpaired) electrons. The van der Waals surface area contributed by atoms with Gasteiger partial charge in [0, 0.05) is 18.4 Å². The van der Waals surface area contributed by atoms with Gasteiger partial charge in [0.25, 0.3) is 8.32 Å². The highest BCUT2D eigenvalue weighted by molar-refractivity contribution is 6.99. The quantitative estimate of drug-likeness (QED) is 0.181. The summed E-state index contributed by atoms with van der Waals surface area (Å²) in [5.74, 6) is -0.152. The molecule has 1 aliphatic rings. The Morgan fingerprint density at radius 2 is 1.41 bits per heavy atom. The third-order valence-corrected chi connectivity index (χ3v) is 12.7. The van der Waals surface area contributed by atoms with Crippen LogP contribution < -0.4 is 10.4 Å². The van der Waals surface area contributed by atoms with Gasteiger partial charge < -0.3 is 13.9 Å². The van der Waals surface area contributed by atoms with Crippen LogP contribution in [0.4, 0.5) is 0 Å². The van der Waals surface area contributed by atoms with E-state index >= 15 is 0 Å². The fourth-order valence-corrected chi connectivity index (χ4v) is 10.1. The lowest BCUT2D eigenvalue weighted by Crippen LogP contribution is -2.67. The lowest BCUT2D eigenvalue weighted by Gasteiger charge is -2.44. The first-order chi connectivity index (χ1) is 18.7. The number of cyclic esters (lactones) is 1. The minimum absolute atomic E-state index is 0.0131. The van der Waals surface area contributed by atoms with Crippen LogP contribution in [0.5, 0.6) is 0 Å². The molecule has 0 N–H and O–H groups in total. The van der Waals surface area contributed by atoms with Crippen molar-refractivity contribution in [2.45, 2.75) is 64.9 Å². The van der Waals surface area contributed by atoms with Gasteiger partial charge in [0.2, 0.25) is 0 Å². The second-order valence-corrected chi connectivity index (χ2v) is 16.0. The van der Waals surface area contributed by atoms with Gasteiger partial charge >= 0.3 is 5.97 Å². The highest BCUT2D eigenvalue weighted by Gasteiger charge is 2.50. The van der Waals surface area contributed by atoms with E-state index in [2.05, 4.69) is 101 Å². The van der Waals surface area contributed by atoms with Crippen LogP contribution in [0.25, 0.3) is 0 Å². The van der Waals surface area contributed by atoms with E-state index in [1.165, 1.54) is 10.4 Å². The first-order valence-electron chi connectivity index (χ1n) is 14.0. The summed E-state index contributed by atoms with van der Waals surface area (Å²) in [4.78, 5) is 13.0. The number of hydrogen-bond acceptors (Lipinski definition) is 4. The average Bonchev–Trinajstić information content (AvgIpc) is 2.93. The van der Waals surface area contributed by atoms with Gasteiger partial charge in [0.05, 0.1) is 19.1 Å². The van der Waals surface area contributed by atoms with E-state index < -0.39 is 8.32 Å². The number of benzene rings is 3. The number of carbonyl (C=O) groups is 1. The van der Waals surface area contributed by atoms with Crippen LogP contribution in [-0.2, 0) is 25.3 Å². The van der Waals surface area contributed by atoms with Gasteiger partial charge in [0.1, 0.15) is 6.10 Å². The van der Waals surface area contributed by atoms with Crippen LogP contribution in [0.1, 0.15) is 46.6 Å². The van der Waals surface area contributed by atoms with Crippen molar-refractivity contribution < 1.29 is 18.7 Å². The van der Waals surface area contributed by atoms with Crippen LogP contribution in [0.15, 0.2) is 103 Å². The van der Waals surface area contributed by atoms with Gasteiger partial charge in [-0.15, -0.1) is 0 Å². The normalized spacial score (nSPS) is 21.1. The Kier molecular flexibility index (Phi) is 9.60. The zero-order valence-corrected chi connectivity index (χ0v) is 24.9. The van der Waals surface area contributed by atoms with Crippen molar-refractivity contribution in [1.82, 2.24) is 0 Å². The van der Waals surface area contributed by atoms with E-state index in [9.17, 15) is 4.79 Å². The molecule has 0 aliphatic carbocycles. The molecule has 4 atom stereocenters. The highest BCUT2D eigenvalue weighted by atomic mass is 28.4. The topological polar surface area (TPSA) is 44.8 Å². The molecule has 4 rings (SSSR count). The lowest BCUT2D eigenvalue weighted by molar-refractivity contribution is -0.154. The Bertz CT molecular complexity index is 1160. The third kappa shape index (κ3) is 6.96. The third-order valence-electron chi connectivity index (χ3n) is 7.67. The van der Waals surface area contributed by atoms with Crippen LogP contribution in [0.3, 0.4) is 0 Å². The van der Waals surface area contributed by atoms with Gasteiger partial charge in [-0.25, -0.2) is 0 Å². The zero-order chi connectivity index (χ0) is 27.9. The summed E-state index contributed by atoms with van der Waals surface area (Å²) >= 11 is 0. The summed E-state index contributed by atoms with van der Waals surface area (Å²) in [6, 6.07) is 31.3. The molecule has 3 aromatic carbocycles. The second kappa shape index (κ2) is 12.9. The van der Waals surface area contributed by atoms with E-state index in [1.807, 2.05) is 36.4 Å². The molecule has 0 unspecified atom stereocenters. The molecule has 5 heteroatoms. The molecule has 1 aliphatic heterocycles. The Morgan fingerprint density at radius 1 is 0.872 bits per heavy atom. The van der Waals surface area contributed by atoms with E-state index in [-0.39, 0.29) is 41.5 Å². The highest BCUT2D eigenvalue weighted by Crippen LogP contribution is 2.37. The summed E-state index contributed by atoms with van der Waals surface area (Å²) in [6.07, 6.45) is 3.82. The van der Waals surface area contributed by atoms with Crippen LogP contribution >= 0.6 is 0 Å². The fourth-order valence-electron chi connectivity index (χ4n) is 5.40.